The molecule has 2 aliphatic carbocycles. The first-order chi connectivity index (χ1) is 5.74. The van der Waals surface area contributed by atoms with Crippen molar-refractivity contribution in [3.8, 4) is 0 Å². The summed E-state index contributed by atoms with van der Waals surface area (Å²) >= 11 is 0. The van der Waals surface area contributed by atoms with Gasteiger partial charge in [0.1, 0.15) is 0 Å². The van der Waals surface area contributed by atoms with Gasteiger partial charge in [-0.05, 0) is 24.2 Å². The molecule has 1 fully saturated rings. The molecule has 0 aromatic heterocycles. The number of hydrogen-bond acceptors (Lipinski definition) is 1. The topological polar surface area (TPSA) is 12.0 Å². The van der Waals surface area contributed by atoms with Crippen molar-refractivity contribution in [3.63, 3.8) is 0 Å². The van der Waals surface area contributed by atoms with Gasteiger partial charge in [-0.2, -0.15) is 0 Å². The summed E-state index contributed by atoms with van der Waals surface area (Å²) < 4.78 is 0. The number of fused-ring (bicyclic) bond motifs is 2. The molecular weight excluding hydrogens is 146 g/mol. The average molecular weight is 163 g/mol. The molecule has 4 unspecified atom stereocenters. The second kappa shape index (κ2) is 2.65. The lowest BCUT2D eigenvalue weighted by Crippen LogP contribution is -2.24. The predicted molar refractivity (Wildman–Crippen MR) is 51.6 cm³/mol. The van der Waals surface area contributed by atoms with Gasteiger partial charge in [-0.25, -0.2) is 0 Å². The first kappa shape index (κ1) is 7.90. The van der Waals surface area contributed by atoms with E-state index in [2.05, 4.69) is 31.0 Å². The van der Waals surface area contributed by atoms with E-state index in [0.717, 1.165) is 17.8 Å². The van der Waals surface area contributed by atoms with Crippen LogP contribution in [0.5, 0.6) is 0 Å². The van der Waals surface area contributed by atoms with Crippen LogP contribution >= 0.6 is 0 Å². The zero-order chi connectivity index (χ0) is 8.72. The lowest BCUT2D eigenvalue weighted by molar-refractivity contribution is 0.372. The van der Waals surface area contributed by atoms with E-state index in [1.54, 1.807) is 0 Å². The van der Waals surface area contributed by atoms with E-state index in [1.807, 2.05) is 7.05 Å². The van der Waals surface area contributed by atoms with Crippen molar-refractivity contribution in [2.24, 2.45) is 23.7 Å². The fourth-order valence-corrected chi connectivity index (χ4v) is 2.81. The van der Waals surface area contributed by atoms with Crippen LogP contribution < -0.4 is 5.32 Å². The number of rotatable bonds is 2. The van der Waals surface area contributed by atoms with Gasteiger partial charge in [0.2, 0.25) is 0 Å². The lowest BCUT2D eigenvalue weighted by atomic mass is 9.82. The summed E-state index contributed by atoms with van der Waals surface area (Å²) in [5.41, 5.74) is 1.22. The smallest absolute Gasteiger partial charge is 0.00745 e. The maximum absolute atomic E-state index is 4.08. The third-order valence-corrected chi connectivity index (χ3v) is 3.58. The van der Waals surface area contributed by atoms with E-state index in [-0.39, 0.29) is 0 Å². The van der Waals surface area contributed by atoms with Crippen LogP contribution in [-0.2, 0) is 0 Å². The van der Waals surface area contributed by atoms with E-state index < -0.39 is 0 Å². The summed E-state index contributed by atoms with van der Waals surface area (Å²) in [6.45, 7) is 6.43. The summed E-state index contributed by atoms with van der Waals surface area (Å²) in [4.78, 5) is 0. The minimum atomic E-state index is 0.685. The summed E-state index contributed by atoms with van der Waals surface area (Å²) in [5, 5.41) is 3.19. The molecule has 0 spiro atoms. The summed E-state index contributed by atoms with van der Waals surface area (Å²) in [6, 6.07) is 0. The van der Waals surface area contributed by atoms with Gasteiger partial charge in [0, 0.05) is 18.7 Å². The molecule has 12 heavy (non-hydrogen) atoms. The summed E-state index contributed by atoms with van der Waals surface area (Å²) in [7, 11) is 1.98. The van der Waals surface area contributed by atoms with Gasteiger partial charge in [0.15, 0.2) is 0 Å². The number of allylic oxidation sites excluding steroid dienone is 3. The Balaban J connectivity index is 2.18. The first-order valence-corrected chi connectivity index (χ1v) is 4.79. The van der Waals surface area contributed by atoms with Gasteiger partial charge in [-0.3, -0.25) is 0 Å². The fourth-order valence-electron chi connectivity index (χ4n) is 2.81. The Morgan fingerprint density at radius 1 is 1.42 bits per heavy atom. The molecule has 2 rings (SSSR count). The monoisotopic (exact) mass is 163 g/mol. The number of hydrogen-bond donors (Lipinski definition) is 1. The molecule has 2 aliphatic rings. The molecule has 0 heterocycles. The molecule has 1 N–H and O–H groups in total. The fraction of sp³-hybridized carbons (Fsp3) is 0.636. The molecule has 1 saturated carbocycles. The Morgan fingerprint density at radius 2 is 2.08 bits per heavy atom. The third kappa shape index (κ3) is 0.921. The highest BCUT2D eigenvalue weighted by atomic mass is 14.8. The van der Waals surface area contributed by atoms with Gasteiger partial charge in [0.05, 0.1) is 0 Å². The maximum atomic E-state index is 4.08. The molecule has 0 radical (unpaired) electrons. The summed E-state index contributed by atoms with van der Waals surface area (Å²) in [6.07, 6.45) is 6.11. The van der Waals surface area contributed by atoms with E-state index >= 15 is 0 Å². The minimum absolute atomic E-state index is 0.685. The lowest BCUT2D eigenvalue weighted by Gasteiger charge is -2.26. The molecule has 1 nitrogen and oxygen atoms in total. The van der Waals surface area contributed by atoms with Crippen LogP contribution in [0.3, 0.4) is 0 Å². The van der Waals surface area contributed by atoms with Crippen LogP contribution in [0.1, 0.15) is 13.3 Å². The van der Waals surface area contributed by atoms with Crippen molar-refractivity contribution >= 4 is 0 Å². The Bertz CT molecular complexity index is 229. The average Bonchev–Trinajstić information content (AvgIpc) is 2.63. The van der Waals surface area contributed by atoms with Gasteiger partial charge < -0.3 is 5.32 Å². The van der Waals surface area contributed by atoms with Crippen LogP contribution in [-0.4, -0.2) is 7.05 Å². The standard InChI is InChI=1S/C11H17N/c1-7-9-4-5-10(6-9)11(7)8(2)12-3/h4-5,7,9-12H,2,6H2,1,3H3. The second-order valence-electron chi connectivity index (χ2n) is 4.11. The quantitative estimate of drug-likeness (QED) is 0.615. The zero-order valence-corrected chi connectivity index (χ0v) is 7.88. The van der Waals surface area contributed by atoms with E-state index in [4.69, 9.17) is 0 Å². The van der Waals surface area contributed by atoms with Gasteiger partial charge in [0.25, 0.3) is 0 Å². The van der Waals surface area contributed by atoms with E-state index in [1.165, 1.54) is 12.1 Å². The van der Waals surface area contributed by atoms with Crippen LogP contribution in [0, 0.1) is 23.7 Å². The largest absolute Gasteiger partial charge is 0.392 e. The zero-order valence-electron chi connectivity index (χ0n) is 7.88. The van der Waals surface area contributed by atoms with Gasteiger partial charge >= 0.3 is 0 Å². The third-order valence-electron chi connectivity index (χ3n) is 3.58. The molecule has 1 heteroatoms. The molecule has 0 aromatic carbocycles. The highest BCUT2D eigenvalue weighted by Gasteiger charge is 2.42. The molecule has 0 aromatic rings. The summed E-state index contributed by atoms with van der Waals surface area (Å²) in [5.74, 6) is 3.07. The first-order valence-electron chi connectivity index (χ1n) is 4.79. The minimum Gasteiger partial charge on any atom is -0.392 e. The second-order valence-corrected chi connectivity index (χ2v) is 4.11. The van der Waals surface area contributed by atoms with Gasteiger partial charge in [-0.15, -0.1) is 0 Å². The highest BCUT2D eigenvalue weighted by molar-refractivity contribution is 5.19. The maximum Gasteiger partial charge on any atom is 0.00745 e. The van der Waals surface area contributed by atoms with Crippen molar-refractivity contribution in [2.75, 3.05) is 7.05 Å². The van der Waals surface area contributed by atoms with Crippen molar-refractivity contribution in [1.29, 1.82) is 0 Å². The Hall–Kier alpha value is -0.720. The Labute approximate surface area is 74.5 Å². The predicted octanol–water partition coefficient (Wildman–Crippen LogP) is 2.18. The molecular formula is C11H17N. The van der Waals surface area contributed by atoms with Crippen molar-refractivity contribution in [2.45, 2.75) is 13.3 Å². The van der Waals surface area contributed by atoms with E-state index in [9.17, 15) is 0 Å². The molecule has 0 amide bonds. The molecule has 0 saturated heterocycles. The van der Waals surface area contributed by atoms with Gasteiger partial charge in [-0.1, -0.05) is 25.7 Å². The van der Waals surface area contributed by atoms with Crippen LogP contribution in [0.4, 0.5) is 0 Å². The molecule has 2 bridgehead atoms. The van der Waals surface area contributed by atoms with Crippen LogP contribution in [0.2, 0.25) is 0 Å². The molecule has 4 atom stereocenters. The van der Waals surface area contributed by atoms with Crippen molar-refractivity contribution in [3.05, 3.63) is 24.4 Å². The Morgan fingerprint density at radius 3 is 2.58 bits per heavy atom. The highest BCUT2D eigenvalue weighted by Crippen LogP contribution is 2.49. The van der Waals surface area contributed by atoms with Crippen LogP contribution in [0.25, 0.3) is 0 Å². The SMILES string of the molecule is C=C(NC)C1C2C=CC(C2)C1C. The van der Waals surface area contributed by atoms with Crippen molar-refractivity contribution < 1.29 is 0 Å². The number of nitrogens with one attached hydrogen (secondary N) is 1. The van der Waals surface area contributed by atoms with Crippen molar-refractivity contribution in [1.82, 2.24) is 5.32 Å². The van der Waals surface area contributed by atoms with Crippen LogP contribution in [0.15, 0.2) is 24.4 Å². The normalized spacial score (nSPS) is 43.5. The van der Waals surface area contributed by atoms with E-state index in [0.29, 0.717) is 5.92 Å². The molecule has 0 aliphatic heterocycles. The Kier molecular flexibility index (Phi) is 1.75. The molecule has 66 valence electrons.